The molecule has 0 spiro atoms. The van der Waals surface area contributed by atoms with Crippen molar-refractivity contribution >= 4 is 17.8 Å². The van der Waals surface area contributed by atoms with Crippen LogP contribution in [0, 0.1) is 0 Å². The lowest BCUT2D eigenvalue weighted by Crippen LogP contribution is -2.48. The van der Waals surface area contributed by atoms with Gasteiger partial charge in [-0.1, -0.05) is 32.6 Å². The predicted molar refractivity (Wildman–Crippen MR) is 96.5 cm³/mol. The summed E-state index contributed by atoms with van der Waals surface area (Å²) < 4.78 is 19.3. The maximum Gasteiger partial charge on any atom is 0.387 e. The normalized spacial score (nSPS) is 24.3. The van der Waals surface area contributed by atoms with Crippen LogP contribution < -0.4 is 0 Å². The molecule has 0 bridgehead atoms. The van der Waals surface area contributed by atoms with Crippen LogP contribution in [0.25, 0.3) is 0 Å². The van der Waals surface area contributed by atoms with E-state index >= 15 is 0 Å². The zero-order chi connectivity index (χ0) is 16.4. The second-order valence-corrected chi connectivity index (χ2v) is 13.0. The third-order valence-corrected chi connectivity index (χ3v) is 10.9. The van der Waals surface area contributed by atoms with E-state index in [-0.39, 0.29) is 0 Å². The Morgan fingerprint density at radius 3 is 2.32 bits per heavy atom. The van der Waals surface area contributed by atoms with Crippen LogP contribution in [0.1, 0.15) is 51.9 Å². The highest BCUT2D eigenvalue weighted by molar-refractivity contribution is 6.70. The summed E-state index contributed by atoms with van der Waals surface area (Å²) in [5.41, 5.74) is 0.581. The molecule has 22 heavy (non-hydrogen) atoms. The summed E-state index contributed by atoms with van der Waals surface area (Å²) in [4.78, 5) is 0. The quantitative estimate of drug-likeness (QED) is 0.396. The van der Waals surface area contributed by atoms with Crippen molar-refractivity contribution in [3.8, 4) is 0 Å². The van der Waals surface area contributed by atoms with E-state index < -0.39 is 17.8 Å². The number of hydrogen-bond donors (Lipinski definition) is 0. The van der Waals surface area contributed by atoms with Crippen LogP contribution in [0.2, 0.25) is 18.1 Å². The molecule has 0 aromatic carbocycles. The molecule has 1 aliphatic rings. The molecular weight excluding hydrogens is 310 g/mol. The van der Waals surface area contributed by atoms with Crippen LogP contribution in [-0.4, -0.2) is 56.7 Å². The van der Waals surface area contributed by atoms with Crippen molar-refractivity contribution in [2.75, 3.05) is 34.4 Å². The molecule has 1 radical (unpaired) electrons. The molecule has 1 heterocycles. The number of nitrogens with zero attached hydrogens (tertiary/aromatic N) is 1. The molecular formula is C16H36NO3Si2. The van der Waals surface area contributed by atoms with Crippen LogP contribution in [0.3, 0.4) is 0 Å². The zero-order valence-electron chi connectivity index (χ0n) is 15.3. The summed E-state index contributed by atoms with van der Waals surface area (Å²) >= 11 is 0. The number of unbranched alkanes of at least 4 members (excludes halogenated alkanes) is 4. The molecule has 1 saturated heterocycles. The van der Waals surface area contributed by atoms with Crippen molar-refractivity contribution < 1.29 is 13.3 Å². The van der Waals surface area contributed by atoms with Crippen LogP contribution in [0.4, 0.5) is 0 Å². The van der Waals surface area contributed by atoms with E-state index in [2.05, 4.69) is 18.0 Å². The molecule has 6 heteroatoms. The third-order valence-electron chi connectivity index (χ3n) is 5.05. The summed E-state index contributed by atoms with van der Waals surface area (Å²) in [7, 11) is 2.91. The van der Waals surface area contributed by atoms with Crippen molar-refractivity contribution in [2.24, 2.45) is 0 Å². The van der Waals surface area contributed by atoms with E-state index in [4.69, 9.17) is 13.3 Å². The lowest BCUT2D eigenvalue weighted by Gasteiger charge is -2.31. The van der Waals surface area contributed by atoms with Gasteiger partial charge in [-0.15, -0.1) is 0 Å². The van der Waals surface area contributed by atoms with E-state index in [0.29, 0.717) is 5.54 Å². The summed E-state index contributed by atoms with van der Waals surface area (Å²) in [5, 5.41) is 0. The lowest BCUT2D eigenvalue weighted by molar-refractivity contribution is 0.264. The molecule has 0 saturated carbocycles. The predicted octanol–water partition coefficient (Wildman–Crippen LogP) is 3.92. The minimum absolute atomic E-state index is 0.581. The van der Waals surface area contributed by atoms with Gasteiger partial charge >= 0.3 is 9.28 Å². The van der Waals surface area contributed by atoms with Gasteiger partial charge in [0.05, 0.1) is 0 Å². The number of hydrogen-bond acceptors (Lipinski definition) is 4. The first kappa shape index (κ1) is 20.3. The van der Waals surface area contributed by atoms with Crippen LogP contribution in [0.5, 0.6) is 0 Å². The second kappa shape index (κ2) is 10.9. The molecule has 2 unspecified atom stereocenters. The molecule has 2 atom stereocenters. The molecule has 0 aromatic heterocycles. The smallest absolute Gasteiger partial charge is 0.387 e. The van der Waals surface area contributed by atoms with Crippen LogP contribution in [-0.2, 0) is 13.3 Å². The highest BCUT2D eigenvalue weighted by Crippen LogP contribution is 2.26. The van der Waals surface area contributed by atoms with E-state index in [1.54, 1.807) is 14.2 Å². The Morgan fingerprint density at radius 1 is 1.05 bits per heavy atom. The Bertz CT molecular complexity index is 293. The summed E-state index contributed by atoms with van der Waals surface area (Å²) in [5.74, 6) is 0. The minimum Gasteiger partial charge on any atom is -0.406 e. The fourth-order valence-corrected chi connectivity index (χ4v) is 7.73. The Labute approximate surface area is 140 Å². The SMILES string of the molecule is CO[Si](OC)C(C)CCCCCCCN1CCC[Si]1(C)OC. The Morgan fingerprint density at radius 2 is 1.68 bits per heavy atom. The molecule has 0 amide bonds. The molecule has 0 aromatic rings. The van der Waals surface area contributed by atoms with Crippen molar-refractivity contribution in [3.05, 3.63) is 0 Å². The van der Waals surface area contributed by atoms with Crippen molar-refractivity contribution in [2.45, 2.75) is 70.0 Å². The summed E-state index contributed by atoms with van der Waals surface area (Å²) in [6.07, 6.45) is 9.24. The fourth-order valence-electron chi connectivity index (χ4n) is 3.46. The largest absolute Gasteiger partial charge is 0.406 e. The molecule has 0 aliphatic carbocycles. The van der Waals surface area contributed by atoms with Gasteiger partial charge in [-0.05, 0) is 44.9 Å². The first-order valence-electron chi connectivity index (χ1n) is 8.82. The van der Waals surface area contributed by atoms with E-state index in [9.17, 15) is 0 Å². The average Bonchev–Trinajstić information content (AvgIpc) is 2.89. The molecule has 0 N–H and O–H groups in total. The third kappa shape index (κ3) is 6.41. The highest BCUT2D eigenvalue weighted by atomic mass is 28.4. The molecule has 1 fully saturated rings. The molecule has 131 valence electrons. The van der Waals surface area contributed by atoms with E-state index in [1.165, 1.54) is 64.1 Å². The second-order valence-electron chi connectivity index (χ2n) is 6.65. The van der Waals surface area contributed by atoms with E-state index in [1.807, 2.05) is 7.11 Å². The molecule has 4 nitrogen and oxygen atoms in total. The molecule has 1 aliphatic heterocycles. The standard InChI is InChI=1S/C16H36NO3Si2/c1-16(21(18-2)19-3)12-9-7-6-8-10-13-17-14-11-15-22(17,5)20-4/h16H,6-15H2,1-5H3. The van der Waals surface area contributed by atoms with Gasteiger partial charge < -0.3 is 17.8 Å². The first-order chi connectivity index (χ1) is 10.6. The van der Waals surface area contributed by atoms with Gasteiger partial charge in [-0.2, -0.15) is 0 Å². The summed E-state index contributed by atoms with van der Waals surface area (Å²) in [6.45, 7) is 7.12. The van der Waals surface area contributed by atoms with Crippen molar-refractivity contribution in [1.29, 1.82) is 0 Å². The van der Waals surface area contributed by atoms with Crippen LogP contribution >= 0.6 is 0 Å². The number of rotatable bonds is 12. The van der Waals surface area contributed by atoms with Crippen molar-refractivity contribution in [3.63, 3.8) is 0 Å². The highest BCUT2D eigenvalue weighted by Gasteiger charge is 2.39. The van der Waals surface area contributed by atoms with Gasteiger partial charge in [0.2, 0.25) is 0 Å². The average molecular weight is 347 g/mol. The van der Waals surface area contributed by atoms with E-state index in [0.717, 1.165) is 0 Å². The monoisotopic (exact) mass is 346 g/mol. The summed E-state index contributed by atoms with van der Waals surface area (Å²) in [6, 6.07) is 1.31. The van der Waals surface area contributed by atoms with Gasteiger partial charge in [-0.3, -0.25) is 0 Å². The molecule has 1 rings (SSSR count). The van der Waals surface area contributed by atoms with Gasteiger partial charge in [0.25, 0.3) is 8.48 Å². The Balaban J connectivity index is 2.02. The van der Waals surface area contributed by atoms with Gasteiger partial charge in [0.1, 0.15) is 0 Å². The first-order valence-corrected chi connectivity index (χ1v) is 12.8. The Hall–Kier alpha value is 0.274. The van der Waals surface area contributed by atoms with Crippen molar-refractivity contribution in [1.82, 2.24) is 4.57 Å². The minimum atomic E-state index is -1.49. The fraction of sp³-hybridized carbons (Fsp3) is 1.00. The van der Waals surface area contributed by atoms with Gasteiger partial charge in [0, 0.05) is 26.9 Å². The Kier molecular flexibility index (Phi) is 10.1. The lowest BCUT2D eigenvalue weighted by atomic mass is 10.1. The topological polar surface area (TPSA) is 30.9 Å². The maximum absolute atomic E-state index is 5.82. The zero-order valence-corrected chi connectivity index (χ0v) is 17.3. The van der Waals surface area contributed by atoms with Crippen LogP contribution in [0.15, 0.2) is 0 Å². The van der Waals surface area contributed by atoms with Gasteiger partial charge in [-0.25, -0.2) is 0 Å². The van der Waals surface area contributed by atoms with Gasteiger partial charge in [0.15, 0.2) is 0 Å². The maximum atomic E-state index is 5.82.